The molecule has 0 bridgehead atoms. The Hall–Kier alpha value is -3.94. The standard InChI is InChI=1S/C21H17FN4O3/c1-2-28-21-24-19(18-8-5-13-29-18)26(25-21)15-11-9-14(10-12-15)23-20(27)16-6-3-4-7-17(16)22/h3-13H,2H2,1H3,(H,23,27). The van der Waals surface area contributed by atoms with Gasteiger partial charge < -0.3 is 14.5 Å². The Balaban J connectivity index is 1.60. The lowest BCUT2D eigenvalue weighted by molar-refractivity contribution is 0.102. The molecule has 7 nitrogen and oxygen atoms in total. The van der Waals surface area contributed by atoms with Crippen molar-refractivity contribution in [2.45, 2.75) is 6.92 Å². The molecule has 2 aromatic heterocycles. The van der Waals surface area contributed by atoms with E-state index >= 15 is 0 Å². The van der Waals surface area contributed by atoms with Gasteiger partial charge in [0.05, 0.1) is 24.1 Å². The van der Waals surface area contributed by atoms with Crippen molar-refractivity contribution in [2.24, 2.45) is 0 Å². The normalized spacial score (nSPS) is 10.7. The summed E-state index contributed by atoms with van der Waals surface area (Å²) in [7, 11) is 0. The third kappa shape index (κ3) is 3.86. The second-order valence-corrected chi connectivity index (χ2v) is 6.02. The third-order valence-corrected chi connectivity index (χ3v) is 4.09. The molecular weight excluding hydrogens is 375 g/mol. The van der Waals surface area contributed by atoms with Crippen LogP contribution in [0, 0.1) is 5.82 Å². The van der Waals surface area contributed by atoms with Crippen LogP contribution in [0.2, 0.25) is 0 Å². The van der Waals surface area contributed by atoms with Crippen molar-refractivity contribution >= 4 is 11.6 Å². The predicted octanol–water partition coefficient (Wildman–Crippen LogP) is 4.32. The van der Waals surface area contributed by atoms with Crippen LogP contribution in [0.25, 0.3) is 17.3 Å². The Labute approximate surface area is 165 Å². The number of carbonyl (C=O) groups excluding carboxylic acids is 1. The van der Waals surface area contributed by atoms with Gasteiger partial charge >= 0.3 is 6.01 Å². The summed E-state index contributed by atoms with van der Waals surface area (Å²) in [5.41, 5.74) is 1.19. The number of anilines is 1. The minimum Gasteiger partial charge on any atom is -0.463 e. The first-order chi connectivity index (χ1) is 14.2. The third-order valence-electron chi connectivity index (χ3n) is 4.09. The summed E-state index contributed by atoms with van der Waals surface area (Å²) in [6.45, 7) is 2.28. The van der Waals surface area contributed by atoms with Crippen LogP contribution in [0.15, 0.2) is 71.3 Å². The number of hydrogen-bond donors (Lipinski definition) is 1. The smallest absolute Gasteiger partial charge is 0.336 e. The molecule has 0 spiro atoms. The first kappa shape index (κ1) is 18.4. The van der Waals surface area contributed by atoms with Crippen LogP contribution in [0.3, 0.4) is 0 Å². The molecule has 2 aromatic carbocycles. The minimum atomic E-state index is -0.573. The molecular formula is C21H17FN4O3. The van der Waals surface area contributed by atoms with E-state index in [1.807, 2.05) is 6.92 Å². The molecule has 0 aliphatic rings. The molecule has 29 heavy (non-hydrogen) atoms. The topological polar surface area (TPSA) is 82.2 Å². The van der Waals surface area contributed by atoms with Gasteiger partial charge in [0.25, 0.3) is 5.91 Å². The average molecular weight is 392 g/mol. The quantitative estimate of drug-likeness (QED) is 0.529. The second kappa shape index (κ2) is 7.97. The van der Waals surface area contributed by atoms with Gasteiger partial charge in [0.15, 0.2) is 5.76 Å². The molecule has 4 aromatic rings. The molecule has 0 saturated carbocycles. The van der Waals surface area contributed by atoms with Crippen molar-refractivity contribution in [1.29, 1.82) is 0 Å². The molecule has 1 amide bonds. The molecule has 0 aliphatic carbocycles. The number of hydrogen-bond acceptors (Lipinski definition) is 5. The van der Waals surface area contributed by atoms with Crippen LogP contribution in [-0.4, -0.2) is 27.3 Å². The summed E-state index contributed by atoms with van der Waals surface area (Å²) in [5.74, 6) is -0.0655. The van der Waals surface area contributed by atoms with Crippen molar-refractivity contribution in [3.8, 4) is 23.3 Å². The number of carbonyl (C=O) groups is 1. The number of nitrogens with one attached hydrogen (secondary N) is 1. The lowest BCUT2D eigenvalue weighted by atomic mass is 10.2. The highest BCUT2D eigenvalue weighted by Crippen LogP contribution is 2.25. The van der Waals surface area contributed by atoms with Gasteiger partial charge in [0.2, 0.25) is 5.82 Å². The van der Waals surface area contributed by atoms with Gasteiger partial charge in [-0.2, -0.15) is 4.98 Å². The van der Waals surface area contributed by atoms with E-state index in [1.165, 1.54) is 18.2 Å². The molecule has 0 fully saturated rings. The number of rotatable bonds is 6. The zero-order valence-electron chi connectivity index (χ0n) is 15.5. The van der Waals surface area contributed by atoms with E-state index in [2.05, 4.69) is 15.4 Å². The van der Waals surface area contributed by atoms with Gasteiger partial charge in [-0.3, -0.25) is 4.79 Å². The number of halogens is 1. The first-order valence-corrected chi connectivity index (χ1v) is 8.95. The minimum absolute atomic E-state index is 0.0192. The molecule has 2 heterocycles. The maximum atomic E-state index is 13.8. The summed E-state index contributed by atoms with van der Waals surface area (Å²) >= 11 is 0. The fourth-order valence-corrected chi connectivity index (χ4v) is 2.76. The van der Waals surface area contributed by atoms with E-state index < -0.39 is 11.7 Å². The molecule has 0 atom stereocenters. The SMILES string of the molecule is CCOc1nc(-c2ccco2)n(-c2ccc(NC(=O)c3ccccc3F)cc2)n1. The van der Waals surface area contributed by atoms with Gasteiger partial charge in [-0.1, -0.05) is 12.1 Å². The molecule has 4 rings (SSSR count). The lowest BCUT2D eigenvalue weighted by Crippen LogP contribution is -2.13. The highest BCUT2D eigenvalue weighted by Gasteiger charge is 2.17. The van der Waals surface area contributed by atoms with E-state index in [1.54, 1.807) is 53.4 Å². The number of furan rings is 1. The maximum absolute atomic E-state index is 13.8. The molecule has 146 valence electrons. The first-order valence-electron chi connectivity index (χ1n) is 8.95. The summed E-state index contributed by atoms with van der Waals surface area (Å²) < 4.78 is 26.2. The van der Waals surface area contributed by atoms with E-state index in [0.29, 0.717) is 29.6 Å². The zero-order valence-corrected chi connectivity index (χ0v) is 15.5. The summed E-state index contributed by atoms with van der Waals surface area (Å²) in [6.07, 6.45) is 1.55. The van der Waals surface area contributed by atoms with E-state index in [0.717, 1.165) is 0 Å². The average Bonchev–Trinajstić information content (AvgIpc) is 3.39. The summed E-state index contributed by atoms with van der Waals surface area (Å²) in [6, 6.07) is 16.5. The van der Waals surface area contributed by atoms with Crippen LogP contribution in [-0.2, 0) is 0 Å². The number of nitrogens with zero attached hydrogens (tertiary/aromatic N) is 3. The van der Waals surface area contributed by atoms with Crippen molar-refractivity contribution in [3.63, 3.8) is 0 Å². The molecule has 0 radical (unpaired) electrons. The van der Waals surface area contributed by atoms with E-state index in [9.17, 15) is 9.18 Å². The maximum Gasteiger partial charge on any atom is 0.336 e. The Kier molecular flexibility index (Phi) is 5.07. The van der Waals surface area contributed by atoms with Crippen LogP contribution in [0.4, 0.5) is 10.1 Å². The van der Waals surface area contributed by atoms with Crippen molar-refractivity contribution < 1.29 is 18.3 Å². The fourth-order valence-electron chi connectivity index (χ4n) is 2.76. The lowest BCUT2D eigenvalue weighted by Gasteiger charge is -2.08. The Bertz CT molecular complexity index is 1120. The van der Waals surface area contributed by atoms with Crippen molar-refractivity contribution in [2.75, 3.05) is 11.9 Å². The van der Waals surface area contributed by atoms with Gasteiger partial charge in [-0.15, -0.1) is 5.10 Å². The number of amides is 1. The van der Waals surface area contributed by atoms with E-state index in [-0.39, 0.29) is 11.6 Å². The van der Waals surface area contributed by atoms with Gasteiger partial charge in [0, 0.05) is 5.69 Å². The predicted molar refractivity (Wildman–Crippen MR) is 105 cm³/mol. The van der Waals surface area contributed by atoms with Crippen LogP contribution in [0.5, 0.6) is 6.01 Å². The van der Waals surface area contributed by atoms with Crippen LogP contribution < -0.4 is 10.1 Å². The van der Waals surface area contributed by atoms with Crippen LogP contribution in [0.1, 0.15) is 17.3 Å². The van der Waals surface area contributed by atoms with E-state index in [4.69, 9.17) is 9.15 Å². The molecule has 0 unspecified atom stereocenters. The Morgan fingerprint density at radius 1 is 1.14 bits per heavy atom. The summed E-state index contributed by atoms with van der Waals surface area (Å²) in [5, 5.41) is 7.04. The fraction of sp³-hybridized carbons (Fsp3) is 0.0952. The highest BCUT2D eigenvalue weighted by atomic mass is 19.1. The molecule has 0 saturated heterocycles. The number of aromatic nitrogens is 3. The van der Waals surface area contributed by atoms with Gasteiger partial charge in [0.1, 0.15) is 5.82 Å². The van der Waals surface area contributed by atoms with Crippen molar-refractivity contribution in [3.05, 3.63) is 78.3 Å². The molecule has 8 heteroatoms. The number of benzene rings is 2. The zero-order chi connectivity index (χ0) is 20.2. The van der Waals surface area contributed by atoms with Crippen LogP contribution >= 0.6 is 0 Å². The molecule has 0 aliphatic heterocycles. The monoisotopic (exact) mass is 392 g/mol. The summed E-state index contributed by atoms with van der Waals surface area (Å²) in [4.78, 5) is 16.6. The molecule has 1 N–H and O–H groups in total. The highest BCUT2D eigenvalue weighted by molar-refractivity contribution is 6.04. The second-order valence-electron chi connectivity index (χ2n) is 6.02. The Morgan fingerprint density at radius 3 is 2.62 bits per heavy atom. The van der Waals surface area contributed by atoms with Gasteiger partial charge in [-0.05, 0) is 55.5 Å². The largest absolute Gasteiger partial charge is 0.463 e. The van der Waals surface area contributed by atoms with Gasteiger partial charge in [-0.25, -0.2) is 9.07 Å². The number of ether oxygens (including phenoxy) is 1. The Morgan fingerprint density at radius 2 is 1.93 bits per heavy atom. The van der Waals surface area contributed by atoms with Crippen molar-refractivity contribution in [1.82, 2.24) is 14.8 Å².